The van der Waals surface area contributed by atoms with Crippen LogP contribution in [0.15, 0.2) is 42.2 Å². The Morgan fingerprint density at radius 3 is 1.53 bits per heavy atom. The lowest BCUT2D eigenvalue weighted by Crippen LogP contribution is -2.18. The molecule has 246 valence electrons. The molecule has 3 saturated carbocycles. The molecule has 2 aromatic carbocycles. The zero-order valence-corrected chi connectivity index (χ0v) is 26.2. The second-order valence-corrected chi connectivity index (χ2v) is 13.8. The maximum atomic E-state index is 14.8. The number of hydrogen-bond donors (Lipinski definition) is 0. The van der Waals surface area contributed by atoms with Gasteiger partial charge >= 0.3 is 0 Å². The van der Waals surface area contributed by atoms with E-state index in [9.17, 15) is 30.7 Å². The second-order valence-electron chi connectivity index (χ2n) is 13.8. The van der Waals surface area contributed by atoms with Crippen LogP contribution in [-0.2, 0) is 0 Å². The number of rotatable bonds is 9. The van der Waals surface area contributed by atoms with Crippen LogP contribution in [-0.4, -0.2) is 0 Å². The van der Waals surface area contributed by atoms with Crippen LogP contribution in [0.2, 0.25) is 0 Å². The van der Waals surface area contributed by atoms with Crippen molar-refractivity contribution in [2.24, 2.45) is 23.7 Å². The van der Waals surface area contributed by atoms with E-state index in [0.29, 0.717) is 36.2 Å². The smallest absolute Gasteiger partial charge is 0.194 e. The Morgan fingerprint density at radius 2 is 1.04 bits per heavy atom. The number of allylic oxidation sites excluding steroid dienone is 3. The molecule has 3 fully saturated rings. The highest BCUT2D eigenvalue weighted by Gasteiger charge is 2.29. The summed E-state index contributed by atoms with van der Waals surface area (Å²) in [5.41, 5.74) is 0.188. The van der Waals surface area contributed by atoms with E-state index in [2.05, 4.69) is 12.2 Å². The fourth-order valence-corrected chi connectivity index (χ4v) is 8.06. The first-order valence-electron chi connectivity index (χ1n) is 17.0. The lowest BCUT2D eigenvalue weighted by molar-refractivity contribution is 0.245. The van der Waals surface area contributed by atoms with Crippen molar-refractivity contribution in [2.75, 3.05) is 0 Å². The van der Waals surface area contributed by atoms with Gasteiger partial charge in [-0.05, 0) is 149 Å². The summed E-state index contributed by atoms with van der Waals surface area (Å²) >= 11 is 0. The molecule has 3 aliphatic carbocycles. The maximum Gasteiger partial charge on any atom is 0.194 e. The number of benzene rings is 2. The van der Waals surface area contributed by atoms with Gasteiger partial charge in [-0.15, -0.1) is 0 Å². The van der Waals surface area contributed by atoms with Gasteiger partial charge in [0.2, 0.25) is 0 Å². The van der Waals surface area contributed by atoms with Crippen molar-refractivity contribution in [3.05, 3.63) is 88.0 Å². The molecular weight excluding hydrogens is 589 g/mol. The molecule has 0 bridgehead atoms. The van der Waals surface area contributed by atoms with Crippen LogP contribution in [0.25, 0.3) is 5.83 Å². The molecule has 0 aliphatic heterocycles. The van der Waals surface area contributed by atoms with Gasteiger partial charge in [0.05, 0.1) is 0 Å². The molecule has 0 radical (unpaired) electrons. The third-order valence-corrected chi connectivity index (χ3v) is 10.9. The van der Waals surface area contributed by atoms with Crippen molar-refractivity contribution in [1.82, 2.24) is 0 Å². The summed E-state index contributed by atoms with van der Waals surface area (Å²) in [5, 5.41) is 0. The zero-order valence-electron chi connectivity index (χ0n) is 26.2. The van der Waals surface area contributed by atoms with E-state index < -0.39 is 40.7 Å². The van der Waals surface area contributed by atoms with Gasteiger partial charge in [0, 0.05) is 11.1 Å². The minimum Gasteiger partial charge on any atom is -0.209 e. The standard InChI is InChI=1S/C38H45F7/c1-2-31(39)37(44)30-21-32(40)36(33(41)22-30)28-17-13-26(14-18-28)10-8-24-5-3-23(4-6-24)7-9-25-11-15-27(16-12-25)29-19-34(42)38(45)35(43)20-29/h8,10,19-28H,2-7,9,11-18H2,1H3/b10-8+,37-31+. The SMILES string of the molecule is CC/C(F)=C(\F)c1cc(F)c(C2CCC(/C=C/C3CCC(CCC4CCC(c5cc(F)c(F)c(F)c5)CC4)CC3)CC2)c(F)c1. The van der Waals surface area contributed by atoms with Crippen LogP contribution >= 0.6 is 0 Å². The maximum absolute atomic E-state index is 14.8. The first kappa shape index (κ1) is 33.8. The van der Waals surface area contributed by atoms with Crippen LogP contribution in [0, 0.1) is 52.8 Å². The summed E-state index contributed by atoms with van der Waals surface area (Å²) in [4.78, 5) is 0. The lowest BCUT2D eigenvalue weighted by atomic mass is 9.74. The van der Waals surface area contributed by atoms with Crippen LogP contribution in [0.1, 0.15) is 132 Å². The Labute approximate surface area is 263 Å². The number of hydrogen-bond acceptors (Lipinski definition) is 0. The molecule has 2 aromatic rings. The van der Waals surface area contributed by atoms with Crippen molar-refractivity contribution in [3.63, 3.8) is 0 Å². The zero-order chi connectivity index (χ0) is 32.1. The average Bonchev–Trinajstić information content (AvgIpc) is 3.05. The third kappa shape index (κ3) is 8.43. The van der Waals surface area contributed by atoms with Crippen LogP contribution < -0.4 is 0 Å². The minimum absolute atomic E-state index is 0.00379. The van der Waals surface area contributed by atoms with Gasteiger partial charge in [-0.2, -0.15) is 0 Å². The van der Waals surface area contributed by atoms with E-state index >= 15 is 0 Å². The molecule has 0 spiro atoms. The molecule has 0 aromatic heterocycles. The summed E-state index contributed by atoms with van der Waals surface area (Å²) in [7, 11) is 0. The molecule has 0 unspecified atom stereocenters. The molecule has 0 atom stereocenters. The van der Waals surface area contributed by atoms with Crippen LogP contribution in [0.5, 0.6) is 0 Å². The van der Waals surface area contributed by atoms with Gasteiger partial charge in [-0.1, -0.05) is 31.9 Å². The molecule has 45 heavy (non-hydrogen) atoms. The molecule has 0 nitrogen and oxygen atoms in total. The fourth-order valence-electron chi connectivity index (χ4n) is 8.06. The van der Waals surface area contributed by atoms with Gasteiger partial charge in [-0.25, -0.2) is 30.7 Å². The largest absolute Gasteiger partial charge is 0.209 e. The summed E-state index contributed by atoms with van der Waals surface area (Å²) in [5.74, 6) is -5.23. The minimum atomic E-state index is -1.39. The van der Waals surface area contributed by atoms with Crippen molar-refractivity contribution in [1.29, 1.82) is 0 Å². The Morgan fingerprint density at radius 1 is 0.600 bits per heavy atom. The van der Waals surface area contributed by atoms with Crippen LogP contribution in [0.3, 0.4) is 0 Å². The highest BCUT2D eigenvalue weighted by molar-refractivity contribution is 5.61. The topological polar surface area (TPSA) is 0 Å². The van der Waals surface area contributed by atoms with E-state index in [4.69, 9.17) is 0 Å². The Balaban J connectivity index is 1.01. The van der Waals surface area contributed by atoms with Crippen molar-refractivity contribution < 1.29 is 30.7 Å². The van der Waals surface area contributed by atoms with E-state index in [1.165, 1.54) is 45.4 Å². The molecule has 0 heterocycles. The molecule has 5 rings (SSSR count). The summed E-state index contributed by atoms with van der Waals surface area (Å²) in [6.07, 6.45) is 18.6. The first-order chi connectivity index (χ1) is 21.6. The Kier molecular flexibility index (Phi) is 11.5. The van der Waals surface area contributed by atoms with Gasteiger partial charge in [0.25, 0.3) is 0 Å². The van der Waals surface area contributed by atoms with E-state index in [0.717, 1.165) is 68.7 Å². The van der Waals surface area contributed by atoms with Gasteiger partial charge in [0.1, 0.15) is 17.5 Å². The highest BCUT2D eigenvalue weighted by Crippen LogP contribution is 2.42. The molecule has 0 saturated heterocycles. The monoisotopic (exact) mass is 634 g/mol. The molecule has 3 aliphatic rings. The van der Waals surface area contributed by atoms with Crippen molar-refractivity contribution >= 4 is 5.83 Å². The predicted octanol–water partition coefficient (Wildman–Crippen LogP) is 12.8. The van der Waals surface area contributed by atoms with Gasteiger partial charge in [-0.3, -0.25) is 0 Å². The summed E-state index contributed by atoms with van der Waals surface area (Å²) in [6.45, 7) is 1.44. The van der Waals surface area contributed by atoms with Crippen molar-refractivity contribution in [3.8, 4) is 0 Å². The van der Waals surface area contributed by atoms with E-state index in [-0.39, 0.29) is 29.4 Å². The average molecular weight is 635 g/mol. The van der Waals surface area contributed by atoms with Gasteiger partial charge < -0.3 is 0 Å². The Hall–Kier alpha value is -2.57. The third-order valence-electron chi connectivity index (χ3n) is 10.9. The van der Waals surface area contributed by atoms with E-state index in [1.807, 2.05) is 0 Å². The number of halogens is 7. The molecule has 7 heteroatoms. The quantitative estimate of drug-likeness (QED) is 0.146. The van der Waals surface area contributed by atoms with Gasteiger partial charge in [0.15, 0.2) is 23.3 Å². The van der Waals surface area contributed by atoms with Crippen molar-refractivity contribution in [2.45, 2.75) is 115 Å². The lowest BCUT2D eigenvalue weighted by Gasteiger charge is -2.32. The normalized spacial score (nSPS) is 28.4. The Bertz CT molecular complexity index is 1310. The predicted molar refractivity (Wildman–Crippen MR) is 165 cm³/mol. The summed E-state index contributed by atoms with van der Waals surface area (Å²) < 4.78 is 98.0. The fraction of sp³-hybridized carbons (Fsp3) is 0.579. The van der Waals surface area contributed by atoms with E-state index in [1.54, 1.807) is 0 Å². The molecular formula is C38H45F7. The first-order valence-corrected chi connectivity index (χ1v) is 17.0. The second kappa shape index (κ2) is 15.3. The highest BCUT2D eigenvalue weighted by atomic mass is 19.2. The molecule has 0 amide bonds. The van der Waals surface area contributed by atoms with Crippen LogP contribution in [0.4, 0.5) is 30.7 Å². The summed E-state index contributed by atoms with van der Waals surface area (Å²) in [6, 6.07) is 4.15. The molecule has 0 N–H and O–H groups in total.